The number of benzene rings is 1. The molecule has 1 aliphatic rings. The van der Waals surface area contributed by atoms with Crippen LogP contribution in [0.3, 0.4) is 0 Å². The summed E-state index contributed by atoms with van der Waals surface area (Å²) >= 11 is 0. The lowest BCUT2D eigenvalue weighted by Gasteiger charge is -2.19. The van der Waals surface area contributed by atoms with Gasteiger partial charge in [-0.2, -0.15) is 0 Å². The van der Waals surface area contributed by atoms with E-state index in [1.807, 2.05) is 38.1 Å². The third-order valence-electron chi connectivity index (χ3n) is 3.72. The molecular formula is C15H24N2O2S. The Kier molecular flexibility index (Phi) is 4.83. The maximum absolute atomic E-state index is 12.3. The fourth-order valence-electron chi connectivity index (χ4n) is 2.02. The monoisotopic (exact) mass is 296 g/mol. The van der Waals surface area contributed by atoms with Crippen LogP contribution in [0, 0.1) is 6.92 Å². The zero-order valence-electron chi connectivity index (χ0n) is 12.4. The van der Waals surface area contributed by atoms with Crippen LogP contribution in [0.15, 0.2) is 24.3 Å². The number of sulfonamides is 1. The van der Waals surface area contributed by atoms with Crippen molar-refractivity contribution >= 4 is 10.0 Å². The van der Waals surface area contributed by atoms with E-state index in [9.17, 15) is 8.42 Å². The standard InChI is InChI=1S/C15H24N2O2S/c1-11-4-6-14(7-5-11)13(3)17-20(18,19)12(2)10-16-15-8-9-15/h4-7,12-13,15-17H,8-10H2,1-3H3. The van der Waals surface area contributed by atoms with Crippen LogP contribution in [0.25, 0.3) is 0 Å². The number of aryl methyl sites for hydroxylation is 1. The van der Waals surface area contributed by atoms with Crippen LogP contribution in [0.5, 0.6) is 0 Å². The molecular weight excluding hydrogens is 272 g/mol. The van der Waals surface area contributed by atoms with Crippen LogP contribution in [-0.2, 0) is 10.0 Å². The van der Waals surface area contributed by atoms with E-state index in [0.717, 1.165) is 5.56 Å². The van der Waals surface area contributed by atoms with Crippen molar-refractivity contribution in [3.63, 3.8) is 0 Å². The van der Waals surface area contributed by atoms with Gasteiger partial charge in [0.25, 0.3) is 0 Å². The van der Waals surface area contributed by atoms with Crippen LogP contribution in [0.2, 0.25) is 0 Å². The van der Waals surface area contributed by atoms with Crippen molar-refractivity contribution in [1.29, 1.82) is 0 Å². The Bertz CT molecular complexity index is 535. The maximum atomic E-state index is 12.3. The Labute approximate surface area is 122 Å². The van der Waals surface area contributed by atoms with E-state index in [1.54, 1.807) is 6.92 Å². The molecule has 1 aliphatic carbocycles. The van der Waals surface area contributed by atoms with Gasteiger partial charge < -0.3 is 5.32 Å². The molecule has 0 heterocycles. The van der Waals surface area contributed by atoms with Crippen molar-refractivity contribution in [2.45, 2.75) is 50.9 Å². The molecule has 0 bridgehead atoms. The third-order valence-corrected chi connectivity index (χ3v) is 5.63. The molecule has 0 spiro atoms. The zero-order valence-corrected chi connectivity index (χ0v) is 13.2. The Balaban J connectivity index is 1.93. The first kappa shape index (κ1) is 15.5. The molecule has 5 heteroatoms. The smallest absolute Gasteiger partial charge is 0.216 e. The van der Waals surface area contributed by atoms with Gasteiger partial charge in [-0.25, -0.2) is 13.1 Å². The van der Waals surface area contributed by atoms with E-state index in [1.165, 1.54) is 18.4 Å². The van der Waals surface area contributed by atoms with Gasteiger partial charge in [0.1, 0.15) is 0 Å². The van der Waals surface area contributed by atoms with Crippen LogP contribution in [0.4, 0.5) is 0 Å². The Morgan fingerprint density at radius 3 is 2.35 bits per heavy atom. The average Bonchev–Trinajstić information content (AvgIpc) is 3.20. The first-order chi connectivity index (χ1) is 9.38. The van der Waals surface area contributed by atoms with Crippen LogP contribution >= 0.6 is 0 Å². The fraction of sp³-hybridized carbons (Fsp3) is 0.600. The van der Waals surface area contributed by atoms with Crippen LogP contribution < -0.4 is 10.0 Å². The van der Waals surface area contributed by atoms with Crippen LogP contribution in [0.1, 0.15) is 43.9 Å². The van der Waals surface area contributed by atoms with Crippen molar-refractivity contribution in [2.24, 2.45) is 0 Å². The van der Waals surface area contributed by atoms with Gasteiger partial charge in [-0.1, -0.05) is 29.8 Å². The summed E-state index contributed by atoms with van der Waals surface area (Å²) in [4.78, 5) is 0. The first-order valence-corrected chi connectivity index (χ1v) is 8.74. The average molecular weight is 296 g/mol. The van der Waals surface area contributed by atoms with E-state index in [2.05, 4.69) is 10.0 Å². The molecule has 0 amide bonds. The Morgan fingerprint density at radius 2 is 1.80 bits per heavy atom. The minimum atomic E-state index is -3.30. The highest BCUT2D eigenvalue weighted by Crippen LogP contribution is 2.19. The second kappa shape index (κ2) is 6.24. The fourth-order valence-corrected chi connectivity index (χ4v) is 3.19. The zero-order chi connectivity index (χ0) is 14.8. The molecule has 20 heavy (non-hydrogen) atoms. The lowest BCUT2D eigenvalue weighted by Crippen LogP contribution is -2.40. The van der Waals surface area contributed by atoms with Crippen molar-refractivity contribution in [2.75, 3.05) is 6.54 Å². The van der Waals surface area contributed by atoms with Gasteiger partial charge in [0.2, 0.25) is 10.0 Å². The van der Waals surface area contributed by atoms with E-state index >= 15 is 0 Å². The summed E-state index contributed by atoms with van der Waals surface area (Å²) in [6.07, 6.45) is 2.33. The molecule has 1 fully saturated rings. The van der Waals surface area contributed by atoms with Gasteiger partial charge in [0.05, 0.1) is 5.25 Å². The Morgan fingerprint density at radius 1 is 1.20 bits per heavy atom. The predicted octanol–water partition coefficient (Wildman–Crippen LogP) is 2.12. The largest absolute Gasteiger partial charge is 0.313 e. The molecule has 2 rings (SSSR count). The normalized spacial score (nSPS) is 18.8. The highest BCUT2D eigenvalue weighted by Gasteiger charge is 2.26. The second-order valence-corrected chi connectivity index (χ2v) is 7.92. The molecule has 0 aliphatic heterocycles. The van der Waals surface area contributed by atoms with E-state index in [0.29, 0.717) is 12.6 Å². The lowest BCUT2D eigenvalue weighted by molar-refractivity contribution is 0.544. The molecule has 2 N–H and O–H groups in total. The number of hydrogen-bond acceptors (Lipinski definition) is 3. The minimum Gasteiger partial charge on any atom is -0.313 e. The molecule has 112 valence electrons. The van der Waals surface area contributed by atoms with Crippen molar-refractivity contribution in [3.05, 3.63) is 35.4 Å². The quantitative estimate of drug-likeness (QED) is 0.810. The molecule has 1 aromatic carbocycles. The van der Waals surface area contributed by atoms with Gasteiger partial charge >= 0.3 is 0 Å². The molecule has 1 aromatic rings. The lowest BCUT2D eigenvalue weighted by atomic mass is 10.1. The van der Waals surface area contributed by atoms with Crippen LogP contribution in [-0.4, -0.2) is 26.3 Å². The molecule has 4 nitrogen and oxygen atoms in total. The first-order valence-electron chi connectivity index (χ1n) is 7.19. The summed E-state index contributed by atoms with van der Waals surface area (Å²) in [5.41, 5.74) is 2.16. The molecule has 1 saturated carbocycles. The van der Waals surface area contributed by atoms with Gasteiger partial charge in [-0.15, -0.1) is 0 Å². The third kappa shape index (κ3) is 4.30. The maximum Gasteiger partial charge on any atom is 0.216 e. The molecule has 2 atom stereocenters. The minimum absolute atomic E-state index is 0.205. The molecule has 2 unspecified atom stereocenters. The number of hydrogen-bond donors (Lipinski definition) is 2. The van der Waals surface area contributed by atoms with E-state index in [-0.39, 0.29) is 6.04 Å². The van der Waals surface area contributed by atoms with Gasteiger partial charge in [0.15, 0.2) is 0 Å². The molecule has 0 saturated heterocycles. The highest BCUT2D eigenvalue weighted by atomic mass is 32.2. The number of nitrogens with one attached hydrogen (secondary N) is 2. The van der Waals surface area contributed by atoms with Gasteiger partial charge in [0, 0.05) is 18.6 Å². The summed E-state index contributed by atoms with van der Waals surface area (Å²) in [6.45, 7) is 6.16. The summed E-state index contributed by atoms with van der Waals surface area (Å²) in [5, 5.41) is 2.84. The second-order valence-electron chi connectivity index (χ2n) is 5.79. The van der Waals surface area contributed by atoms with E-state index in [4.69, 9.17) is 0 Å². The topological polar surface area (TPSA) is 58.2 Å². The van der Waals surface area contributed by atoms with Gasteiger partial charge in [-0.3, -0.25) is 0 Å². The number of rotatable bonds is 7. The summed E-state index contributed by atoms with van der Waals surface area (Å²) in [5.74, 6) is 0. The molecule has 0 radical (unpaired) electrons. The summed E-state index contributed by atoms with van der Waals surface area (Å²) in [7, 11) is -3.30. The van der Waals surface area contributed by atoms with Crippen molar-refractivity contribution < 1.29 is 8.42 Å². The van der Waals surface area contributed by atoms with Crippen molar-refractivity contribution in [3.8, 4) is 0 Å². The predicted molar refractivity (Wildman–Crippen MR) is 82.1 cm³/mol. The highest BCUT2D eigenvalue weighted by molar-refractivity contribution is 7.90. The Hall–Kier alpha value is -0.910. The summed E-state index contributed by atoms with van der Waals surface area (Å²) < 4.78 is 27.3. The molecule has 0 aromatic heterocycles. The van der Waals surface area contributed by atoms with E-state index < -0.39 is 15.3 Å². The SMILES string of the molecule is Cc1ccc(C(C)NS(=O)(=O)C(C)CNC2CC2)cc1. The van der Waals surface area contributed by atoms with Gasteiger partial charge in [-0.05, 0) is 39.2 Å². The summed E-state index contributed by atoms with van der Waals surface area (Å²) in [6, 6.07) is 8.26. The van der Waals surface area contributed by atoms with Crippen molar-refractivity contribution in [1.82, 2.24) is 10.0 Å².